The molecule has 0 spiro atoms. The lowest BCUT2D eigenvalue weighted by Gasteiger charge is -2.34. The van der Waals surface area contributed by atoms with Gasteiger partial charge in [0, 0.05) is 30.7 Å². The topological polar surface area (TPSA) is 52.7 Å². The van der Waals surface area contributed by atoms with Crippen molar-refractivity contribution in [3.8, 4) is 0 Å². The molecule has 2 aromatic rings. The number of anilines is 1. The van der Waals surface area contributed by atoms with Gasteiger partial charge in [-0.25, -0.2) is 4.39 Å². The van der Waals surface area contributed by atoms with Gasteiger partial charge in [0.2, 0.25) is 5.91 Å². The highest BCUT2D eigenvalue weighted by atomic mass is 79.9. The van der Waals surface area contributed by atoms with Crippen LogP contribution in [0.2, 0.25) is 0 Å². The van der Waals surface area contributed by atoms with E-state index < -0.39 is 29.4 Å². The number of amides is 2. The molecule has 1 heterocycles. The summed E-state index contributed by atoms with van der Waals surface area (Å²) in [6.07, 6.45) is -4.57. The van der Waals surface area contributed by atoms with E-state index in [0.717, 1.165) is 6.07 Å². The van der Waals surface area contributed by atoms with Gasteiger partial charge in [-0.05, 0) is 30.3 Å². The fourth-order valence-corrected chi connectivity index (χ4v) is 3.51. The van der Waals surface area contributed by atoms with E-state index >= 15 is 0 Å². The van der Waals surface area contributed by atoms with Crippen LogP contribution in [0.5, 0.6) is 0 Å². The van der Waals surface area contributed by atoms with Crippen molar-refractivity contribution in [1.29, 1.82) is 0 Å². The summed E-state index contributed by atoms with van der Waals surface area (Å²) in [6, 6.07) is 8.97. The molecule has 3 rings (SSSR count). The average molecular weight is 488 g/mol. The van der Waals surface area contributed by atoms with Crippen LogP contribution in [-0.2, 0) is 11.0 Å². The van der Waals surface area contributed by atoms with Gasteiger partial charge in [0.15, 0.2) is 0 Å². The minimum atomic E-state index is -4.57. The summed E-state index contributed by atoms with van der Waals surface area (Å²) in [5, 5.41) is 2.30. The Hall–Kier alpha value is -2.46. The smallest absolute Gasteiger partial charge is 0.336 e. The first kappa shape index (κ1) is 22.2. The van der Waals surface area contributed by atoms with Gasteiger partial charge in [0.1, 0.15) is 5.82 Å². The number of piperazine rings is 1. The summed E-state index contributed by atoms with van der Waals surface area (Å²) in [6.45, 7) is 1.14. The Morgan fingerprint density at radius 1 is 1.03 bits per heavy atom. The van der Waals surface area contributed by atoms with Crippen LogP contribution in [0.3, 0.4) is 0 Å². The zero-order valence-electron chi connectivity index (χ0n) is 15.7. The number of benzene rings is 2. The van der Waals surface area contributed by atoms with Gasteiger partial charge >= 0.3 is 6.18 Å². The van der Waals surface area contributed by atoms with Crippen molar-refractivity contribution in [2.45, 2.75) is 6.18 Å². The third kappa shape index (κ3) is 5.37. The lowest BCUT2D eigenvalue weighted by Crippen LogP contribution is -2.50. The quantitative estimate of drug-likeness (QED) is 0.663. The highest BCUT2D eigenvalue weighted by Crippen LogP contribution is 2.34. The van der Waals surface area contributed by atoms with E-state index in [-0.39, 0.29) is 30.9 Å². The Morgan fingerprint density at radius 2 is 1.70 bits per heavy atom. The van der Waals surface area contributed by atoms with Crippen LogP contribution in [0.1, 0.15) is 15.9 Å². The molecular weight excluding hydrogens is 470 g/mol. The molecule has 10 heteroatoms. The summed E-state index contributed by atoms with van der Waals surface area (Å²) in [7, 11) is 0. The second-order valence-corrected chi connectivity index (χ2v) is 7.70. The summed E-state index contributed by atoms with van der Waals surface area (Å²) in [5.41, 5.74) is -1.24. The number of rotatable bonds is 4. The minimum Gasteiger partial charge on any atom is -0.336 e. The van der Waals surface area contributed by atoms with E-state index in [1.54, 1.807) is 11.0 Å². The van der Waals surface area contributed by atoms with Crippen LogP contribution in [0.4, 0.5) is 23.2 Å². The van der Waals surface area contributed by atoms with E-state index in [2.05, 4.69) is 21.2 Å². The largest absolute Gasteiger partial charge is 0.418 e. The van der Waals surface area contributed by atoms with E-state index in [0.29, 0.717) is 17.6 Å². The third-order valence-electron chi connectivity index (χ3n) is 4.69. The van der Waals surface area contributed by atoms with Crippen molar-refractivity contribution in [1.82, 2.24) is 9.80 Å². The molecule has 1 aliphatic heterocycles. The van der Waals surface area contributed by atoms with Crippen LogP contribution in [0.25, 0.3) is 0 Å². The monoisotopic (exact) mass is 487 g/mol. The van der Waals surface area contributed by atoms with Crippen LogP contribution >= 0.6 is 15.9 Å². The molecule has 0 atom stereocenters. The molecule has 0 unspecified atom stereocenters. The predicted molar refractivity (Wildman–Crippen MR) is 107 cm³/mol. The molecule has 160 valence electrons. The fraction of sp³-hybridized carbons (Fsp3) is 0.300. The van der Waals surface area contributed by atoms with Crippen molar-refractivity contribution < 1.29 is 27.2 Å². The molecular formula is C20H18BrF4N3O2. The molecule has 2 aromatic carbocycles. The Balaban J connectivity index is 1.55. The maximum Gasteiger partial charge on any atom is 0.418 e. The van der Waals surface area contributed by atoms with Crippen molar-refractivity contribution >= 4 is 33.4 Å². The van der Waals surface area contributed by atoms with Crippen molar-refractivity contribution in [3.63, 3.8) is 0 Å². The second kappa shape index (κ2) is 9.13. The van der Waals surface area contributed by atoms with Gasteiger partial charge in [-0.3, -0.25) is 14.5 Å². The first-order valence-electron chi connectivity index (χ1n) is 9.08. The molecule has 1 N–H and O–H groups in total. The molecule has 2 amide bonds. The maximum absolute atomic E-state index is 14.0. The minimum absolute atomic E-state index is 0.0341. The fourth-order valence-electron chi connectivity index (χ4n) is 3.17. The first-order chi connectivity index (χ1) is 14.1. The molecule has 1 fully saturated rings. The number of hydrogen-bond acceptors (Lipinski definition) is 3. The van der Waals surface area contributed by atoms with Gasteiger partial charge in [-0.15, -0.1) is 0 Å². The molecule has 5 nitrogen and oxygen atoms in total. The number of carbonyl (C=O) groups excluding carboxylic acids is 2. The molecule has 0 aliphatic carbocycles. The second-order valence-electron chi connectivity index (χ2n) is 6.78. The maximum atomic E-state index is 14.0. The predicted octanol–water partition coefficient (Wildman–Crippen LogP) is 4.00. The number of nitrogens with zero attached hydrogens (tertiary/aromatic N) is 2. The van der Waals surface area contributed by atoms with Gasteiger partial charge in [-0.2, -0.15) is 13.2 Å². The highest BCUT2D eigenvalue weighted by Gasteiger charge is 2.33. The van der Waals surface area contributed by atoms with Crippen LogP contribution in [0.15, 0.2) is 46.9 Å². The standard InChI is InChI=1S/C20H18BrF4N3O2/c21-13-5-6-14(16(22)11-13)19(30)28-9-7-27(8-10-28)12-18(29)26-17-4-2-1-3-15(17)20(23,24)25/h1-6,11H,7-10,12H2,(H,26,29). The molecule has 0 aromatic heterocycles. The van der Waals surface area contributed by atoms with Gasteiger partial charge in [0.25, 0.3) is 5.91 Å². The van der Waals surface area contributed by atoms with E-state index in [1.165, 1.54) is 35.2 Å². The Labute approximate surface area is 178 Å². The van der Waals surface area contributed by atoms with E-state index in [1.807, 2.05) is 0 Å². The van der Waals surface area contributed by atoms with E-state index in [9.17, 15) is 27.2 Å². The molecule has 0 saturated carbocycles. The normalized spacial score (nSPS) is 15.2. The lowest BCUT2D eigenvalue weighted by molar-refractivity contribution is -0.137. The molecule has 0 bridgehead atoms. The van der Waals surface area contributed by atoms with Gasteiger partial charge in [0.05, 0.1) is 23.4 Å². The number of carbonyl (C=O) groups is 2. The average Bonchev–Trinajstić information content (AvgIpc) is 2.67. The number of nitrogens with one attached hydrogen (secondary N) is 1. The van der Waals surface area contributed by atoms with Crippen LogP contribution in [0, 0.1) is 5.82 Å². The summed E-state index contributed by atoms with van der Waals surface area (Å²) in [4.78, 5) is 27.9. The molecule has 1 saturated heterocycles. The third-order valence-corrected chi connectivity index (χ3v) is 5.19. The van der Waals surface area contributed by atoms with Crippen molar-refractivity contribution in [3.05, 3.63) is 63.9 Å². The van der Waals surface area contributed by atoms with Crippen molar-refractivity contribution in [2.75, 3.05) is 38.0 Å². The Morgan fingerprint density at radius 3 is 2.33 bits per heavy atom. The number of hydrogen-bond donors (Lipinski definition) is 1. The summed E-state index contributed by atoms with van der Waals surface area (Å²) >= 11 is 3.14. The molecule has 30 heavy (non-hydrogen) atoms. The van der Waals surface area contributed by atoms with Gasteiger partial charge in [-0.1, -0.05) is 28.1 Å². The Kier molecular flexibility index (Phi) is 6.77. The zero-order chi connectivity index (χ0) is 21.9. The van der Waals surface area contributed by atoms with Crippen LogP contribution < -0.4 is 5.32 Å². The van der Waals surface area contributed by atoms with E-state index in [4.69, 9.17) is 0 Å². The first-order valence-corrected chi connectivity index (χ1v) is 9.87. The summed E-state index contributed by atoms with van der Waals surface area (Å²) in [5.74, 6) is -1.65. The Bertz CT molecular complexity index is 944. The van der Waals surface area contributed by atoms with Crippen LogP contribution in [-0.4, -0.2) is 54.3 Å². The number of para-hydroxylation sites is 1. The zero-order valence-corrected chi connectivity index (χ0v) is 17.3. The molecule has 0 radical (unpaired) electrons. The molecule has 1 aliphatic rings. The van der Waals surface area contributed by atoms with Crippen molar-refractivity contribution in [2.24, 2.45) is 0 Å². The highest BCUT2D eigenvalue weighted by molar-refractivity contribution is 9.10. The number of alkyl halides is 3. The lowest BCUT2D eigenvalue weighted by atomic mass is 10.1. The van der Waals surface area contributed by atoms with Gasteiger partial charge < -0.3 is 10.2 Å². The summed E-state index contributed by atoms with van der Waals surface area (Å²) < 4.78 is 53.6. The number of halogens is 5. The SMILES string of the molecule is O=C(CN1CCN(C(=O)c2ccc(Br)cc2F)CC1)Nc1ccccc1C(F)(F)F.